The monoisotopic (exact) mass is 176 g/mol. The quantitative estimate of drug-likeness (QED) is 0.545. The van der Waals surface area contributed by atoms with Gasteiger partial charge in [0.1, 0.15) is 5.94 Å². The van der Waals surface area contributed by atoms with Crippen molar-refractivity contribution in [2.24, 2.45) is 0 Å². The molecule has 0 unspecified atom stereocenters. The molecule has 0 fully saturated rings. The summed E-state index contributed by atoms with van der Waals surface area (Å²) in [6, 6.07) is 6.80. The van der Waals surface area contributed by atoms with E-state index in [-0.39, 0.29) is 5.57 Å². The molecule has 0 heterocycles. The van der Waals surface area contributed by atoms with Gasteiger partial charge in [-0.05, 0) is 12.5 Å². The molecule has 0 amide bonds. The SMILES string of the molecule is Cc1ccccc1C(=C=O)C(=O)O. The number of carboxylic acids is 1. The lowest BCUT2D eigenvalue weighted by Gasteiger charge is -2.01. The van der Waals surface area contributed by atoms with Gasteiger partial charge in [0.25, 0.3) is 0 Å². The van der Waals surface area contributed by atoms with Crippen molar-refractivity contribution in [2.75, 3.05) is 0 Å². The van der Waals surface area contributed by atoms with E-state index in [1.807, 2.05) is 0 Å². The van der Waals surface area contributed by atoms with E-state index < -0.39 is 5.97 Å². The summed E-state index contributed by atoms with van der Waals surface area (Å²) < 4.78 is 0. The zero-order chi connectivity index (χ0) is 9.84. The van der Waals surface area contributed by atoms with Gasteiger partial charge in [-0.2, -0.15) is 0 Å². The molecule has 0 atom stereocenters. The lowest BCUT2D eigenvalue weighted by atomic mass is 10.0. The third kappa shape index (κ3) is 1.83. The fraction of sp³-hybridized carbons (Fsp3) is 0.100. The second-order valence-corrected chi connectivity index (χ2v) is 2.60. The summed E-state index contributed by atoms with van der Waals surface area (Å²) in [4.78, 5) is 20.9. The Morgan fingerprint density at radius 2 is 2.00 bits per heavy atom. The summed E-state index contributed by atoms with van der Waals surface area (Å²) in [5, 5.41) is 8.65. The molecule has 3 nitrogen and oxygen atoms in total. The van der Waals surface area contributed by atoms with Gasteiger partial charge in [-0.3, -0.25) is 0 Å². The summed E-state index contributed by atoms with van der Waals surface area (Å²) in [7, 11) is 0. The first-order chi connectivity index (χ1) is 6.16. The highest BCUT2D eigenvalue weighted by Crippen LogP contribution is 2.15. The molecule has 1 aromatic rings. The van der Waals surface area contributed by atoms with Crippen LogP contribution in [0.25, 0.3) is 5.57 Å². The second-order valence-electron chi connectivity index (χ2n) is 2.60. The Labute approximate surface area is 75.3 Å². The highest BCUT2D eigenvalue weighted by molar-refractivity contribution is 6.24. The number of aryl methyl sites for hydroxylation is 1. The van der Waals surface area contributed by atoms with Gasteiger partial charge in [0.15, 0.2) is 5.57 Å². The third-order valence-corrected chi connectivity index (χ3v) is 1.73. The smallest absolute Gasteiger partial charge is 0.347 e. The van der Waals surface area contributed by atoms with Crippen LogP contribution in [0, 0.1) is 6.92 Å². The Balaban J connectivity index is 3.29. The van der Waals surface area contributed by atoms with E-state index in [9.17, 15) is 9.59 Å². The number of hydrogen-bond acceptors (Lipinski definition) is 2. The van der Waals surface area contributed by atoms with Crippen LogP contribution >= 0.6 is 0 Å². The van der Waals surface area contributed by atoms with Gasteiger partial charge >= 0.3 is 5.97 Å². The highest BCUT2D eigenvalue weighted by Gasteiger charge is 2.12. The first-order valence-electron chi connectivity index (χ1n) is 3.71. The molecule has 0 aliphatic carbocycles. The number of aliphatic carboxylic acids is 1. The fourth-order valence-electron chi connectivity index (χ4n) is 1.07. The maximum atomic E-state index is 10.6. The van der Waals surface area contributed by atoms with Crippen molar-refractivity contribution >= 4 is 17.5 Å². The van der Waals surface area contributed by atoms with Gasteiger partial charge in [0, 0.05) is 5.56 Å². The fourth-order valence-corrected chi connectivity index (χ4v) is 1.07. The summed E-state index contributed by atoms with van der Waals surface area (Å²) in [6.07, 6.45) is 0. The summed E-state index contributed by atoms with van der Waals surface area (Å²) in [5.41, 5.74) is 0.853. The highest BCUT2D eigenvalue weighted by atomic mass is 16.4. The molecule has 0 saturated heterocycles. The van der Waals surface area contributed by atoms with E-state index in [1.54, 1.807) is 31.2 Å². The Morgan fingerprint density at radius 1 is 1.38 bits per heavy atom. The van der Waals surface area contributed by atoms with Crippen LogP contribution in [0.5, 0.6) is 0 Å². The Morgan fingerprint density at radius 3 is 2.46 bits per heavy atom. The Bertz CT molecular complexity index is 387. The summed E-state index contributed by atoms with van der Waals surface area (Å²) >= 11 is 0. The molecule has 0 aromatic heterocycles. The number of carbonyl (C=O) groups is 1. The molecule has 0 aliphatic rings. The van der Waals surface area contributed by atoms with Crippen LogP contribution in [-0.2, 0) is 9.59 Å². The average molecular weight is 176 g/mol. The van der Waals surface area contributed by atoms with Crippen molar-refractivity contribution in [3.8, 4) is 0 Å². The van der Waals surface area contributed by atoms with E-state index >= 15 is 0 Å². The van der Waals surface area contributed by atoms with Crippen molar-refractivity contribution in [3.05, 3.63) is 35.4 Å². The predicted molar refractivity (Wildman–Crippen MR) is 47.9 cm³/mol. The summed E-state index contributed by atoms with van der Waals surface area (Å²) in [6.45, 7) is 1.75. The molecule has 0 spiro atoms. The molecule has 66 valence electrons. The van der Waals surface area contributed by atoms with Gasteiger partial charge < -0.3 is 5.11 Å². The second kappa shape index (κ2) is 3.70. The van der Waals surface area contributed by atoms with Gasteiger partial charge in [-0.25, -0.2) is 9.59 Å². The van der Waals surface area contributed by atoms with Gasteiger partial charge in [-0.15, -0.1) is 0 Å². The number of hydrogen-bond donors (Lipinski definition) is 1. The minimum Gasteiger partial charge on any atom is -0.477 e. The van der Waals surface area contributed by atoms with Crippen molar-refractivity contribution < 1.29 is 14.7 Å². The van der Waals surface area contributed by atoms with Crippen LogP contribution in [0.4, 0.5) is 0 Å². The molecular formula is C10H8O3. The summed E-state index contributed by atoms with van der Waals surface area (Å²) in [5.74, 6) is 0.180. The standard InChI is InChI=1S/C10H8O3/c1-7-4-2-3-5-8(7)9(6-11)10(12)13/h2-5H,1H3,(H,12,13). The topological polar surface area (TPSA) is 54.4 Å². The van der Waals surface area contributed by atoms with E-state index in [2.05, 4.69) is 0 Å². The van der Waals surface area contributed by atoms with Crippen molar-refractivity contribution in [1.82, 2.24) is 0 Å². The van der Waals surface area contributed by atoms with E-state index in [1.165, 1.54) is 5.94 Å². The Hall–Kier alpha value is -1.86. The van der Waals surface area contributed by atoms with Crippen LogP contribution in [0.15, 0.2) is 24.3 Å². The number of rotatable bonds is 2. The van der Waals surface area contributed by atoms with Crippen LogP contribution < -0.4 is 0 Å². The van der Waals surface area contributed by atoms with Crippen LogP contribution in [-0.4, -0.2) is 17.0 Å². The van der Waals surface area contributed by atoms with E-state index in [0.29, 0.717) is 5.56 Å². The molecule has 0 saturated carbocycles. The zero-order valence-electron chi connectivity index (χ0n) is 7.07. The predicted octanol–water partition coefficient (Wildman–Crippen LogP) is 1.29. The van der Waals surface area contributed by atoms with Crippen molar-refractivity contribution in [1.29, 1.82) is 0 Å². The first kappa shape index (κ1) is 9.23. The van der Waals surface area contributed by atoms with Gasteiger partial charge in [-0.1, -0.05) is 24.3 Å². The number of carbonyl (C=O) groups excluding carboxylic acids is 1. The van der Waals surface area contributed by atoms with Crippen LogP contribution in [0.1, 0.15) is 11.1 Å². The lowest BCUT2D eigenvalue weighted by Crippen LogP contribution is -2.01. The van der Waals surface area contributed by atoms with Crippen LogP contribution in [0.2, 0.25) is 0 Å². The zero-order valence-corrected chi connectivity index (χ0v) is 7.07. The molecule has 0 bridgehead atoms. The maximum absolute atomic E-state index is 10.6. The van der Waals surface area contributed by atoms with Gasteiger partial charge in [0.05, 0.1) is 0 Å². The van der Waals surface area contributed by atoms with Gasteiger partial charge in [0.2, 0.25) is 0 Å². The molecule has 1 N–H and O–H groups in total. The van der Waals surface area contributed by atoms with Crippen molar-refractivity contribution in [3.63, 3.8) is 0 Å². The first-order valence-corrected chi connectivity index (χ1v) is 3.71. The molecular weight excluding hydrogens is 168 g/mol. The normalized spacial score (nSPS) is 9.00. The number of carboxylic acid groups (broad SMARTS) is 1. The largest absolute Gasteiger partial charge is 0.477 e. The molecule has 1 aromatic carbocycles. The molecule has 13 heavy (non-hydrogen) atoms. The minimum absolute atomic E-state index is 0.321. The Kier molecular flexibility index (Phi) is 2.62. The molecule has 3 heteroatoms. The van der Waals surface area contributed by atoms with Crippen molar-refractivity contribution in [2.45, 2.75) is 6.92 Å². The molecule has 0 radical (unpaired) electrons. The number of benzene rings is 1. The minimum atomic E-state index is -1.25. The molecule has 0 aliphatic heterocycles. The average Bonchev–Trinajstić information content (AvgIpc) is 2.09. The van der Waals surface area contributed by atoms with Crippen LogP contribution in [0.3, 0.4) is 0 Å². The molecule has 1 rings (SSSR count). The van der Waals surface area contributed by atoms with E-state index in [0.717, 1.165) is 5.56 Å². The van der Waals surface area contributed by atoms with E-state index in [4.69, 9.17) is 5.11 Å². The maximum Gasteiger partial charge on any atom is 0.347 e. The third-order valence-electron chi connectivity index (χ3n) is 1.73. The lowest BCUT2D eigenvalue weighted by molar-refractivity contribution is -0.130.